The number of hydrogen-bond donors (Lipinski definition) is 1. The standard InChI is InChI=1S/C9H9F2NO3/c1-14-5-15-12-9(13)7-4-6(10)2-3-8(7)11/h2-4H,5H2,1H3,(H,12,13). The van der Waals surface area contributed by atoms with Gasteiger partial charge in [0.2, 0.25) is 0 Å². The Morgan fingerprint density at radius 3 is 2.87 bits per heavy atom. The second-order valence-corrected chi connectivity index (χ2v) is 2.61. The number of halogens is 2. The van der Waals surface area contributed by atoms with Gasteiger partial charge in [0.1, 0.15) is 11.6 Å². The van der Waals surface area contributed by atoms with Gasteiger partial charge in [0.05, 0.1) is 5.56 Å². The van der Waals surface area contributed by atoms with Crippen LogP contribution in [0.2, 0.25) is 0 Å². The number of ether oxygens (including phenoxy) is 1. The van der Waals surface area contributed by atoms with Gasteiger partial charge in [0, 0.05) is 7.11 Å². The molecule has 0 radical (unpaired) electrons. The van der Waals surface area contributed by atoms with Crippen molar-refractivity contribution < 1.29 is 23.1 Å². The zero-order valence-corrected chi connectivity index (χ0v) is 7.92. The molecule has 4 nitrogen and oxygen atoms in total. The molecule has 0 saturated carbocycles. The molecule has 0 bridgehead atoms. The van der Waals surface area contributed by atoms with Gasteiger partial charge in [-0.1, -0.05) is 0 Å². The molecule has 1 N–H and O–H groups in total. The van der Waals surface area contributed by atoms with E-state index in [4.69, 9.17) is 0 Å². The molecule has 0 atom stereocenters. The maximum atomic E-state index is 13.0. The third kappa shape index (κ3) is 3.26. The lowest BCUT2D eigenvalue weighted by atomic mass is 10.2. The first-order valence-corrected chi connectivity index (χ1v) is 4.01. The smallest absolute Gasteiger partial charge is 0.278 e. The summed E-state index contributed by atoms with van der Waals surface area (Å²) >= 11 is 0. The van der Waals surface area contributed by atoms with Crippen LogP contribution in [0.15, 0.2) is 18.2 Å². The van der Waals surface area contributed by atoms with Crippen molar-refractivity contribution in [3.8, 4) is 0 Å². The van der Waals surface area contributed by atoms with E-state index in [1.54, 1.807) is 0 Å². The Hall–Kier alpha value is -1.53. The van der Waals surface area contributed by atoms with Gasteiger partial charge in [-0.2, -0.15) is 0 Å². The summed E-state index contributed by atoms with van der Waals surface area (Å²) in [7, 11) is 1.36. The van der Waals surface area contributed by atoms with Gasteiger partial charge in [-0.3, -0.25) is 4.79 Å². The topological polar surface area (TPSA) is 47.6 Å². The Morgan fingerprint density at radius 1 is 1.47 bits per heavy atom. The Kier molecular flexibility index (Phi) is 4.14. The fourth-order valence-corrected chi connectivity index (χ4v) is 0.880. The van der Waals surface area contributed by atoms with E-state index in [-0.39, 0.29) is 6.79 Å². The summed E-state index contributed by atoms with van der Waals surface area (Å²) in [5, 5.41) is 0. The minimum atomic E-state index is -0.871. The molecule has 0 aromatic heterocycles. The molecule has 1 rings (SSSR count). The van der Waals surface area contributed by atoms with Gasteiger partial charge in [-0.15, -0.1) is 0 Å². The van der Waals surface area contributed by atoms with Crippen LogP contribution in [-0.4, -0.2) is 19.8 Å². The van der Waals surface area contributed by atoms with Gasteiger partial charge in [0.25, 0.3) is 5.91 Å². The van der Waals surface area contributed by atoms with Crippen molar-refractivity contribution in [3.63, 3.8) is 0 Å². The molecular weight excluding hydrogens is 208 g/mol. The van der Waals surface area contributed by atoms with Gasteiger partial charge >= 0.3 is 0 Å². The predicted octanol–water partition coefficient (Wildman–Crippen LogP) is 1.23. The van der Waals surface area contributed by atoms with Crippen LogP contribution in [0.3, 0.4) is 0 Å². The van der Waals surface area contributed by atoms with Gasteiger partial charge in [-0.25, -0.2) is 19.1 Å². The SMILES string of the molecule is COCONC(=O)c1cc(F)ccc1F. The molecule has 82 valence electrons. The van der Waals surface area contributed by atoms with Crippen LogP contribution in [0.4, 0.5) is 8.78 Å². The molecule has 1 aromatic rings. The first kappa shape index (κ1) is 11.5. The van der Waals surface area contributed by atoms with Gasteiger partial charge in [-0.05, 0) is 18.2 Å². The van der Waals surface area contributed by atoms with Crippen molar-refractivity contribution in [3.05, 3.63) is 35.4 Å². The number of hydrogen-bond acceptors (Lipinski definition) is 3. The fourth-order valence-electron chi connectivity index (χ4n) is 0.880. The number of methoxy groups -OCH3 is 1. The summed E-state index contributed by atoms with van der Waals surface area (Å²) in [6.07, 6.45) is 0. The average molecular weight is 217 g/mol. The first-order chi connectivity index (χ1) is 7.15. The summed E-state index contributed by atoms with van der Waals surface area (Å²) in [4.78, 5) is 15.7. The molecule has 6 heteroatoms. The van der Waals surface area contributed by atoms with Crippen molar-refractivity contribution in [1.82, 2.24) is 5.48 Å². The summed E-state index contributed by atoms with van der Waals surface area (Å²) in [6, 6.07) is 2.56. The molecule has 0 heterocycles. The zero-order valence-electron chi connectivity index (χ0n) is 7.92. The van der Waals surface area contributed by atoms with E-state index in [1.807, 2.05) is 5.48 Å². The molecule has 0 unspecified atom stereocenters. The summed E-state index contributed by atoms with van der Waals surface area (Å²) in [5.74, 6) is -2.40. The molecule has 0 spiro atoms. The van der Waals surface area contributed by atoms with Crippen LogP contribution in [0, 0.1) is 11.6 Å². The van der Waals surface area contributed by atoms with Crippen molar-refractivity contribution in [2.45, 2.75) is 0 Å². The number of amides is 1. The fraction of sp³-hybridized carbons (Fsp3) is 0.222. The monoisotopic (exact) mass is 217 g/mol. The van der Waals surface area contributed by atoms with Crippen LogP contribution in [-0.2, 0) is 9.57 Å². The van der Waals surface area contributed by atoms with E-state index in [2.05, 4.69) is 9.57 Å². The number of rotatable bonds is 4. The van der Waals surface area contributed by atoms with Crippen LogP contribution in [0.5, 0.6) is 0 Å². The van der Waals surface area contributed by atoms with Crippen LogP contribution in [0.1, 0.15) is 10.4 Å². The Labute approximate surface area is 84.7 Å². The van der Waals surface area contributed by atoms with Crippen molar-refractivity contribution >= 4 is 5.91 Å². The number of hydroxylamine groups is 1. The third-order valence-corrected chi connectivity index (χ3v) is 1.51. The molecule has 1 aromatic carbocycles. The number of benzene rings is 1. The Balaban J connectivity index is 2.68. The lowest BCUT2D eigenvalue weighted by molar-refractivity contribution is -0.0705. The minimum absolute atomic E-state index is 0.178. The average Bonchev–Trinajstić information content (AvgIpc) is 2.22. The number of carbonyl (C=O) groups excluding carboxylic acids is 1. The highest BCUT2D eigenvalue weighted by molar-refractivity contribution is 5.93. The lowest BCUT2D eigenvalue weighted by Crippen LogP contribution is -2.25. The van der Waals surface area contributed by atoms with Crippen molar-refractivity contribution in [1.29, 1.82) is 0 Å². The normalized spacial score (nSPS) is 10.1. The van der Waals surface area contributed by atoms with Gasteiger partial charge in [0.15, 0.2) is 6.79 Å². The third-order valence-electron chi connectivity index (χ3n) is 1.51. The second-order valence-electron chi connectivity index (χ2n) is 2.61. The summed E-state index contributed by atoms with van der Waals surface area (Å²) < 4.78 is 30.2. The molecule has 0 aliphatic heterocycles. The predicted molar refractivity (Wildman–Crippen MR) is 46.8 cm³/mol. The lowest BCUT2D eigenvalue weighted by Gasteiger charge is -2.05. The first-order valence-electron chi connectivity index (χ1n) is 4.01. The second kappa shape index (κ2) is 5.38. The maximum absolute atomic E-state index is 13.0. The number of nitrogens with one attached hydrogen (secondary N) is 1. The van der Waals surface area contributed by atoms with E-state index in [1.165, 1.54) is 7.11 Å². The molecule has 15 heavy (non-hydrogen) atoms. The summed E-state index contributed by atoms with van der Waals surface area (Å²) in [6.45, 7) is -0.178. The van der Waals surface area contributed by atoms with Crippen LogP contribution >= 0.6 is 0 Å². The molecule has 1 amide bonds. The van der Waals surface area contributed by atoms with Crippen molar-refractivity contribution in [2.24, 2.45) is 0 Å². The molecule has 0 aliphatic carbocycles. The highest BCUT2D eigenvalue weighted by Gasteiger charge is 2.12. The highest BCUT2D eigenvalue weighted by atomic mass is 19.1. The quantitative estimate of drug-likeness (QED) is 0.468. The van der Waals surface area contributed by atoms with E-state index in [9.17, 15) is 13.6 Å². The van der Waals surface area contributed by atoms with E-state index < -0.39 is 23.1 Å². The molecule has 0 aliphatic rings. The molecular formula is C9H9F2NO3. The zero-order chi connectivity index (χ0) is 11.3. The van der Waals surface area contributed by atoms with Crippen molar-refractivity contribution in [2.75, 3.05) is 13.9 Å². The minimum Gasteiger partial charge on any atom is -0.356 e. The Bertz CT molecular complexity index is 357. The van der Waals surface area contributed by atoms with E-state index in [0.717, 1.165) is 18.2 Å². The highest BCUT2D eigenvalue weighted by Crippen LogP contribution is 2.09. The van der Waals surface area contributed by atoms with Crippen LogP contribution < -0.4 is 5.48 Å². The Morgan fingerprint density at radius 2 is 2.20 bits per heavy atom. The maximum Gasteiger partial charge on any atom is 0.278 e. The molecule has 0 fully saturated rings. The number of carbonyl (C=O) groups is 1. The van der Waals surface area contributed by atoms with E-state index in [0.29, 0.717) is 0 Å². The molecule has 0 saturated heterocycles. The van der Waals surface area contributed by atoms with Gasteiger partial charge < -0.3 is 4.74 Å². The largest absolute Gasteiger partial charge is 0.356 e. The van der Waals surface area contributed by atoms with E-state index >= 15 is 0 Å². The summed E-state index contributed by atoms with van der Waals surface area (Å²) in [5.41, 5.74) is 1.47. The van der Waals surface area contributed by atoms with Crippen LogP contribution in [0.25, 0.3) is 0 Å².